The second-order valence-electron chi connectivity index (χ2n) is 4.87. The molecule has 1 aromatic heterocycles. The molecule has 1 aromatic carbocycles. The zero-order valence-corrected chi connectivity index (χ0v) is 10.3. The highest BCUT2D eigenvalue weighted by Crippen LogP contribution is 2.31. The molecule has 0 spiro atoms. The van der Waals surface area contributed by atoms with Crippen molar-refractivity contribution in [1.29, 1.82) is 0 Å². The molecule has 3 rings (SSSR count). The number of aryl methyl sites for hydroxylation is 1. The molecule has 2 aromatic rings. The van der Waals surface area contributed by atoms with Gasteiger partial charge in [0, 0.05) is 11.4 Å². The molecule has 0 aliphatic carbocycles. The summed E-state index contributed by atoms with van der Waals surface area (Å²) in [4.78, 5) is 23.2. The molecule has 0 amide bonds. The molecule has 0 fully saturated rings. The Hall–Kier alpha value is -2.17. The molecule has 5 heteroatoms. The molecule has 1 unspecified atom stereocenters. The molecule has 2 heterocycles. The molecule has 0 saturated heterocycles. The van der Waals surface area contributed by atoms with Crippen molar-refractivity contribution in [2.45, 2.75) is 25.8 Å². The minimum absolute atomic E-state index is 0.156. The first-order valence-electron chi connectivity index (χ1n) is 6.11. The monoisotopic (exact) mass is 261 g/mol. The maximum atomic E-state index is 14.4. The second-order valence-corrected chi connectivity index (χ2v) is 4.87. The molecule has 0 radical (unpaired) electrons. The molecule has 0 bridgehead atoms. The van der Waals surface area contributed by atoms with E-state index in [1.54, 1.807) is 12.1 Å². The van der Waals surface area contributed by atoms with E-state index in [-0.39, 0.29) is 11.4 Å². The maximum Gasteiger partial charge on any atom is 0.344 e. The lowest BCUT2D eigenvalue weighted by Gasteiger charge is -2.27. The van der Waals surface area contributed by atoms with Crippen LogP contribution >= 0.6 is 0 Å². The van der Waals surface area contributed by atoms with Crippen LogP contribution < -0.4 is 5.43 Å². The van der Waals surface area contributed by atoms with Gasteiger partial charge < -0.3 is 9.67 Å². The topological polar surface area (TPSA) is 59.3 Å². The third-order valence-corrected chi connectivity index (χ3v) is 3.74. The van der Waals surface area contributed by atoms with E-state index >= 15 is 0 Å². The predicted molar refractivity (Wildman–Crippen MR) is 68.2 cm³/mol. The number of carboxylic acid groups (broad SMARTS) is 1. The summed E-state index contributed by atoms with van der Waals surface area (Å²) in [5, 5.41) is 9.33. The van der Waals surface area contributed by atoms with Crippen LogP contribution in [0.2, 0.25) is 0 Å². The molecular weight excluding hydrogens is 249 g/mol. The minimum Gasteiger partial charge on any atom is -0.477 e. The summed E-state index contributed by atoms with van der Waals surface area (Å²) in [5.41, 5.74) is -0.0807. The quantitative estimate of drug-likeness (QED) is 0.801. The van der Waals surface area contributed by atoms with Crippen LogP contribution in [-0.4, -0.2) is 15.6 Å². The van der Waals surface area contributed by atoms with Crippen LogP contribution in [0.15, 0.2) is 23.0 Å². The number of rotatable bonds is 1. The molecule has 1 aliphatic heterocycles. The molecule has 1 aliphatic rings. The van der Waals surface area contributed by atoms with Gasteiger partial charge in [-0.05, 0) is 31.4 Å². The van der Waals surface area contributed by atoms with Gasteiger partial charge in [0.05, 0.1) is 5.52 Å². The van der Waals surface area contributed by atoms with E-state index in [9.17, 15) is 14.0 Å². The van der Waals surface area contributed by atoms with Gasteiger partial charge in [0.15, 0.2) is 5.56 Å². The van der Waals surface area contributed by atoms with E-state index in [1.807, 2.05) is 13.0 Å². The fraction of sp³-hybridized carbons (Fsp3) is 0.286. The predicted octanol–water partition coefficient (Wildman–Crippen LogP) is 2.35. The molecule has 98 valence electrons. The normalized spacial score (nSPS) is 17.7. The van der Waals surface area contributed by atoms with Gasteiger partial charge in [-0.25, -0.2) is 4.79 Å². The highest BCUT2D eigenvalue weighted by molar-refractivity contribution is 5.94. The third kappa shape index (κ3) is 1.51. The number of hydrogen-bond acceptors (Lipinski definition) is 2. The molecule has 1 N–H and O–H groups in total. The summed E-state index contributed by atoms with van der Waals surface area (Å²) < 4.78 is 15.7. The SMILES string of the molecule is CC1CCc2cccc3c(=O)c(C(=O)O)c(F)n1c23. The number of para-hydroxylation sites is 1. The van der Waals surface area contributed by atoms with Crippen LogP contribution in [0.3, 0.4) is 0 Å². The summed E-state index contributed by atoms with van der Waals surface area (Å²) in [6.45, 7) is 1.83. The summed E-state index contributed by atoms with van der Waals surface area (Å²) in [6.07, 6.45) is 1.49. The highest BCUT2D eigenvalue weighted by Gasteiger charge is 2.27. The summed E-state index contributed by atoms with van der Waals surface area (Å²) in [5.74, 6) is -2.46. The van der Waals surface area contributed by atoms with Crippen molar-refractivity contribution in [1.82, 2.24) is 4.57 Å². The molecule has 4 nitrogen and oxygen atoms in total. The van der Waals surface area contributed by atoms with Crippen molar-refractivity contribution < 1.29 is 14.3 Å². The number of pyridine rings is 1. The number of aromatic carboxylic acids is 1. The number of carboxylic acids is 1. The van der Waals surface area contributed by atoms with Crippen molar-refractivity contribution in [3.8, 4) is 0 Å². The first-order chi connectivity index (χ1) is 9.02. The summed E-state index contributed by atoms with van der Waals surface area (Å²) in [7, 11) is 0. The number of nitrogens with zero attached hydrogens (tertiary/aromatic N) is 1. The van der Waals surface area contributed by atoms with E-state index in [1.165, 1.54) is 4.57 Å². The lowest BCUT2D eigenvalue weighted by molar-refractivity contribution is 0.0688. The number of halogens is 1. The van der Waals surface area contributed by atoms with Crippen molar-refractivity contribution in [2.24, 2.45) is 0 Å². The maximum absolute atomic E-state index is 14.4. The highest BCUT2D eigenvalue weighted by atomic mass is 19.1. The van der Waals surface area contributed by atoms with Crippen molar-refractivity contribution in [2.75, 3.05) is 0 Å². The molecule has 19 heavy (non-hydrogen) atoms. The van der Waals surface area contributed by atoms with E-state index in [2.05, 4.69) is 0 Å². The fourth-order valence-electron chi connectivity index (χ4n) is 2.80. The molecular formula is C14H12FNO3. The van der Waals surface area contributed by atoms with E-state index in [0.717, 1.165) is 18.4 Å². The van der Waals surface area contributed by atoms with E-state index in [0.29, 0.717) is 5.52 Å². The Morgan fingerprint density at radius 3 is 2.89 bits per heavy atom. The Morgan fingerprint density at radius 2 is 2.21 bits per heavy atom. The largest absolute Gasteiger partial charge is 0.477 e. The van der Waals surface area contributed by atoms with Gasteiger partial charge >= 0.3 is 5.97 Å². The van der Waals surface area contributed by atoms with Crippen LogP contribution in [0.1, 0.15) is 35.3 Å². The van der Waals surface area contributed by atoms with Gasteiger partial charge in [-0.15, -0.1) is 0 Å². The number of aromatic nitrogens is 1. The first kappa shape index (κ1) is 11.9. The van der Waals surface area contributed by atoms with Crippen LogP contribution in [0.4, 0.5) is 4.39 Å². The zero-order valence-electron chi connectivity index (χ0n) is 10.3. The van der Waals surface area contributed by atoms with Gasteiger partial charge in [0.1, 0.15) is 0 Å². The Kier molecular flexibility index (Phi) is 2.45. The first-order valence-corrected chi connectivity index (χ1v) is 6.11. The van der Waals surface area contributed by atoms with Crippen LogP contribution in [0.25, 0.3) is 10.9 Å². The lowest BCUT2D eigenvalue weighted by Crippen LogP contribution is -2.27. The van der Waals surface area contributed by atoms with Crippen LogP contribution in [0, 0.1) is 5.95 Å². The third-order valence-electron chi connectivity index (χ3n) is 3.74. The number of hydrogen-bond donors (Lipinski definition) is 1. The van der Waals surface area contributed by atoms with Crippen LogP contribution in [-0.2, 0) is 6.42 Å². The average molecular weight is 261 g/mol. The van der Waals surface area contributed by atoms with Crippen molar-refractivity contribution in [3.05, 3.63) is 45.5 Å². The van der Waals surface area contributed by atoms with Crippen molar-refractivity contribution in [3.63, 3.8) is 0 Å². The standard InChI is InChI=1S/C14H12FNO3/c1-7-5-6-8-3-2-4-9-11(8)16(7)13(15)10(12(9)17)14(18)19/h2-4,7H,5-6H2,1H3,(H,18,19). The van der Waals surface area contributed by atoms with Crippen LogP contribution in [0.5, 0.6) is 0 Å². The molecule has 1 atom stereocenters. The number of benzene rings is 1. The van der Waals surface area contributed by atoms with E-state index in [4.69, 9.17) is 5.11 Å². The second kappa shape index (κ2) is 3.91. The Labute approximate surface area is 108 Å². The van der Waals surface area contributed by atoms with Gasteiger partial charge in [-0.3, -0.25) is 4.79 Å². The Bertz CT molecular complexity index is 763. The smallest absolute Gasteiger partial charge is 0.344 e. The summed E-state index contributed by atoms with van der Waals surface area (Å²) >= 11 is 0. The molecule has 0 saturated carbocycles. The summed E-state index contributed by atoms with van der Waals surface area (Å²) in [6, 6.07) is 4.96. The zero-order chi connectivity index (χ0) is 13.7. The lowest BCUT2D eigenvalue weighted by atomic mass is 9.96. The Balaban J connectivity index is 2.59. The minimum atomic E-state index is -1.52. The Morgan fingerprint density at radius 1 is 1.47 bits per heavy atom. The van der Waals surface area contributed by atoms with Gasteiger partial charge in [-0.1, -0.05) is 12.1 Å². The van der Waals surface area contributed by atoms with Gasteiger partial charge in [0.2, 0.25) is 11.4 Å². The average Bonchev–Trinajstić information content (AvgIpc) is 2.36. The van der Waals surface area contributed by atoms with Gasteiger partial charge in [-0.2, -0.15) is 4.39 Å². The van der Waals surface area contributed by atoms with E-state index < -0.39 is 22.9 Å². The van der Waals surface area contributed by atoms with Gasteiger partial charge in [0.25, 0.3) is 0 Å². The van der Waals surface area contributed by atoms with Crippen molar-refractivity contribution >= 4 is 16.9 Å². The fourth-order valence-corrected chi connectivity index (χ4v) is 2.80. The number of carbonyl (C=O) groups is 1.